The second kappa shape index (κ2) is 9.08. The summed E-state index contributed by atoms with van der Waals surface area (Å²) in [5.74, 6) is -0.199. The van der Waals surface area contributed by atoms with Crippen LogP contribution in [0.4, 0.5) is 4.39 Å². The molecule has 0 radical (unpaired) electrons. The van der Waals surface area contributed by atoms with E-state index in [0.717, 1.165) is 18.7 Å². The van der Waals surface area contributed by atoms with Gasteiger partial charge in [-0.2, -0.15) is 0 Å². The minimum Gasteiger partial charge on any atom is -0.296 e. The van der Waals surface area contributed by atoms with Gasteiger partial charge >= 0.3 is 0 Å². The molecule has 1 unspecified atom stereocenters. The van der Waals surface area contributed by atoms with E-state index in [1.54, 1.807) is 6.08 Å². The Morgan fingerprint density at radius 2 is 2.21 bits per heavy atom. The van der Waals surface area contributed by atoms with E-state index in [1.807, 2.05) is 6.92 Å². The van der Waals surface area contributed by atoms with Crippen molar-refractivity contribution in [3.05, 3.63) is 36.2 Å². The van der Waals surface area contributed by atoms with Crippen molar-refractivity contribution in [1.29, 1.82) is 0 Å². The number of rotatable bonds is 7. The Balaban J connectivity index is 2.56. The molecule has 2 heteroatoms. The van der Waals surface area contributed by atoms with Crippen LogP contribution in [0.2, 0.25) is 0 Å². The van der Waals surface area contributed by atoms with Crippen molar-refractivity contribution in [2.45, 2.75) is 58.4 Å². The molecule has 0 aromatic rings. The predicted molar refractivity (Wildman–Crippen MR) is 81.9 cm³/mol. The van der Waals surface area contributed by atoms with Crippen LogP contribution in [0.15, 0.2) is 36.2 Å². The lowest BCUT2D eigenvalue weighted by Gasteiger charge is -2.36. The highest BCUT2D eigenvalue weighted by Crippen LogP contribution is 2.22. The Labute approximate surface area is 117 Å². The van der Waals surface area contributed by atoms with Crippen molar-refractivity contribution in [3.63, 3.8) is 0 Å². The minimum absolute atomic E-state index is 0.199. The van der Waals surface area contributed by atoms with Crippen molar-refractivity contribution in [1.82, 2.24) is 4.90 Å². The van der Waals surface area contributed by atoms with Gasteiger partial charge in [-0.15, -0.1) is 0 Å². The third kappa shape index (κ3) is 6.20. The summed E-state index contributed by atoms with van der Waals surface area (Å²) in [4.78, 5) is 2.53. The third-order valence-electron chi connectivity index (χ3n) is 3.75. The zero-order chi connectivity index (χ0) is 14.1. The summed E-state index contributed by atoms with van der Waals surface area (Å²) in [5, 5.41) is 0. The first-order valence-electron chi connectivity index (χ1n) is 7.56. The summed E-state index contributed by atoms with van der Waals surface area (Å²) in [5.41, 5.74) is 1.10. The number of unbranched alkanes of at least 4 members (excludes halogenated alkanes) is 1. The lowest BCUT2D eigenvalue weighted by atomic mass is 9.96. The molecule has 0 saturated carbocycles. The fraction of sp³-hybridized carbons (Fsp3) is 0.647. The summed E-state index contributed by atoms with van der Waals surface area (Å²) in [6, 6.07) is 0.698. The molecule has 108 valence electrons. The van der Waals surface area contributed by atoms with Crippen molar-refractivity contribution in [2.24, 2.45) is 0 Å². The number of allylic oxidation sites excluding steroid dienone is 4. The predicted octanol–water partition coefficient (Wildman–Crippen LogP) is 5.02. The van der Waals surface area contributed by atoms with Gasteiger partial charge in [0.05, 0.1) is 0 Å². The van der Waals surface area contributed by atoms with E-state index in [2.05, 4.69) is 18.4 Å². The molecule has 1 aliphatic rings. The average Bonchev–Trinajstić information content (AvgIpc) is 2.37. The molecule has 0 amide bonds. The van der Waals surface area contributed by atoms with E-state index >= 15 is 0 Å². The van der Waals surface area contributed by atoms with Gasteiger partial charge in [0.15, 0.2) is 0 Å². The van der Waals surface area contributed by atoms with Gasteiger partial charge in [-0.3, -0.25) is 4.90 Å². The minimum atomic E-state index is -0.199. The smallest absolute Gasteiger partial charge is 0.123 e. The fourth-order valence-corrected chi connectivity index (χ4v) is 2.80. The molecule has 1 saturated heterocycles. The van der Waals surface area contributed by atoms with Gasteiger partial charge in [0.1, 0.15) is 5.83 Å². The van der Waals surface area contributed by atoms with Gasteiger partial charge in [0.25, 0.3) is 0 Å². The maximum absolute atomic E-state index is 13.4. The summed E-state index contributed by atoms with van der Waals surface area (Å²) >= 11 is 0. The van der Waals surface area contributed by atoms with E-state index in [9.17, 15) is 4.39 Å². The largest absolute Gasteiger partial charge is 0.296 e. The highest BCUT2D eigenvalue weighted by molar-refractivity contribution is 5.21. The molecule has 19 heavy (non-hydrogen) atoms. The Kier molecular flexibility index (Phi) is 7.73. The summed E-state index contributed by atoms with van der Waals surface area (Å²) in [6.45, 7) is 9.83. The molecule has 0 bridgehead atoms. The topological polar surface area (TPSA) is 3.24 Å². The van der Waals surface area contributed by atoms with Crippen molar-refractivity contribution < 1.29 is 4.39 Å². The number of nitrogens with zero attached hydrogens (tertiary/aromatic N) is 1. The molecular weight excluding hydrogens is 237 g/mol. The van der Waals surface area contributed by atoms with E-state index in [1.165, 1.54) is 50.7 Å². The normalized spacial score (nSPS) is 22.6. The first kappa shape index (κ1) is 16.2. The Morgan fingerprint density at radius 1 is 1.42 bits per heavy atom. The molecule has 0 spiro atoms. The second-order valence-corrected chi connectivity index (χ2v) is 5.54. The van der Waals surface area contributed by atoms with Crippen molar-refractivity contribution in [3.8, 4) is 0 Å². The van der Waals surface area contributed by atoms with Crippen LogP contribution in [0.25, 0.3) is 0 Å². The van der Waals surface area contributed by atoms with Crippen LogP contribution in [-0.2, 0) is 0 Å². The van der Waals surface area contributed by atoms with Crippen LogP contribution in [0.5, 0.6) is 0 Å². The van der Waals surface area contributed by atoms with Crippen LogP contribution < -0.4 is 0 Å². The first-order valence-corrected chi connectivity index (χ1v) is 7.56. The summed E-state index contributed by atoms with van der Waals surface area (Å²) < 4.78 is 13.4. The second-order valence-electron chi connectivity index (χ2n) is 5.54. The lowest BCUT2D eigenvalue weighted by Crippen LogP contribution is -2.40. The van der Waals surface area contributed by atoms with Gasteiger partial charge in [-0.1, -0.05) is 44.4 Å². The molecule has 1 atom stereocenters. The highest BCUT2D eigenvalue weighted by atomic mass is 19.1. The van der Waals surface area contributed by atoms with Crippen LogP contribution >= 0.6 is 0 Å². The molecule has 0 N–H and O–H groups in total. The number of hydrogen-bond donors (Lipinski definition) is 0. The number of hydrogen-bond acceptors (Lipinski definition) is 1. The summed E-state index contributed by atoms with van der Waals surface area (Å²) in [6.07, 6.45) is 12.3. The fourth-order valence-electron chi connectivity index (χ4n) is 2.80. The number of likely N-dealkylation sites (tertiary alicyclic amines) is 1. The molecule has 0 aromatic heterocycles. The maximum atomic E-state index is 13.4. The molecule has 1 aliphatic heterocycles. The van der Waals surface area contributed by atoms with E-state index in [-0.39, 0.29) is 5.83 Å². The van der Waals surface area contributed by atoms with Crippen LogP contribution in [-0.4, -0.2) is 24.0 Å². The van der Waals surface area contributed by atoms with Crippen molar-refractivity contribution >= 4 is 0 Å². The Morgan fingerprint density at radius 3 is 2.89 bits per heavy atom. The van der Waals surface area contributed by atoms with E-state index in [0.29, 0.717) is 6.04 Å². The molecule has 1 rings (SSSR count). The lowest BCUT2D eigenvalue weighted by molar-refractivity contribution is 0.150. The molecule has 1 fully saturated rings. The van der Waals surface area contributed by atoms with Gasteiger partial charge in [0.2, 0.25) is 0 Å². The molecular formula is C17H28FN. The zero-order valence-corrected chi connectivity index (χ0v) is 12.5. The molecule has 0 aliphatic carbocycles. The van der Waals surface area contributed by atoms with Crippen LogP contribution in [0.1, 0.15) is 52.4 Å². The molecule has 0 aromatic carbocycles. The van der Waals surface area contributed by atoms with Gasteiger partial charge in [-0.25, -0.2) is 4.39 Å². The van der Waals surface area contributed by atoms with Crippen LogP contribution in [0.3, 0.4) is 0 Å². The Bertz CT molecular complexity index is 330. The van der Waals surface area contributed by atoms with E-state index in [4.69, 9.17) is 0 Å². The van der Waals surface area contributed by atoms with Crippen LogP contribution in [0, 0.1) is 0 Å². The quantitative estimate of drug-likeness (QED) is 0.584. The van der Waals surface area contributed by atoms with Gasteiger partial charge < -0.3 is 0 Å². The monoisotopic (exact) mass is 265 g/mol. The zero-order valence-electron chi connectivity index (χ0n) is 12.5. The standard InChI is InChI=1S/C17H28FN/c1-4-6-10-17-11-7-8-12-19(17)14-15(3)13-16(18)9-5-2/h5,9,13,17H,2,4,6-8,10-12,14H2,1,3H3/b15-13+,16-9+. The first-order chi connectivity index (χ1) is 9.17. The van der Waals surface area contributed by atoms with Gasteiger partial charge in [-0.05, 0) is 44.9 Å². The van der Waals surface area contributed by atoms with Crippen molar-refractivity contribution in [2.75, 3.05) is 13.1 Å². The molecule has 1 nitrogen and oxygen atoms in total. The van der Waals surface area contributed by atoms with Gasteiger partial charge in [0, 0.05) is 12.6 Å². The summed E-state index contributed by atoms with van der Waals surface area (Å²) in [7, 11) is 0. The SMILES string of the molecule is C=C/C=C(F)\C=C(/C)CN1CCCCC1CCCC. The number of halogens is 1. The maximum Gasteiger partial charge on any atom is 0.123 e. The molecule has 1 heterocycles. The Hall–Kier alpha value is -0.890. The highest BCUT2D eigenvalue weighted by Gasteiger charge is 2.21. The van der Waals surface area contributed by atoms with E-state index < -0.39 is 0 Å². The number of piperidine rings is 1. The average molecular weight is 265 g/mol. The third-order valence-corrected chi connectivity index (χ3v) is 3.75.